The summed E-state index contributed by atoms with van der Waals surface area (Å²) in [5.74, 6) is 0.600. The Morgan fingerprint density at radius 2 is 2.19 bits per heavy atom. The van der Waals surface area contributed by atoms with E-state index in [2.05, 4.69) is 25.5 Å². The fourth-order valence-corrected chi connectivity index (χ4v) is 1.12. The number of tetrazole rings is 1. The molecule has 0 amide bonds. The van der Waals surface area contributed by atoms with Crippen LogP contribution in [0.5, 0.6) is 0 Å². The van der Waals surface area contributed by atoms with Gasteiger partial charge in [-0.1, -0.05) is 13.8 Å². The lowest BCUT2D eigenvalue weighted by Gasteiger charge is -1.98. The maximum atomic E-state index is 5.10. The molecular weight excluding hydrogens is 208 g/mol. The lowest BCUT2D eigenvalue weighted by Crippen LogP contribution is -2.01. The summed E-state index contributed by atoms with van der Waals surface area (Å²) in [6, 6.07) is 0. The summed E-state index contributed by atoms with van der Waals surface area (Å²) < 4.78 is 6.56. The van der Waals surface area contributed by atoms with E-state index < -0.39 is 0 Å². The average Bonchev–Trinajstić information content (AvgIpc) is 3.07. The van der Waals surface area contributed by atoms with Gasteiger partial charge in [0, 0.05) is 0 Å². The summed E-state index contributed by atoms with van der Waals surface area (Å²) in [7, 11) is 0. The molecule has 0 saturated carbocycles. The van der Waals surface area contributed by atoms with Crippen LogP contribution in [0.4, 0.5) is 0 Å². The molecule has 0 aromatic carbocycles. The predicted molar refractivity (Wildman–Crippen MR) is 54.8 cm³/mol. The highest BCUT2D eigenvalue weighted by molar-refractivity contribution is 5.19. The standard InChI is InChI=1S/C7H6N6O.C2H6/c1-5(6-3-14-6)10-7(2-8-1)13-4-9-11-12-13;1-2/h1-2,4,6H,3H2;1-2H3. The average molecular weight is 220 g/mol. The van der Waals surface area contributed by atoms with E-state index in [9.17, 15) is 0 Å². The number of rotatable bonds is 2. The maximum absolute atomic E-state index is 5.10. The zero-order chi connectivity index (χ0) is 11.4. The molecule has 1 aliphatic heterocycles. The molecule has 1 fully saturated rings. The maximum Gasteiger partial charge on any atom is 0.175 e. The van der Waals surface area contributed by atoms with Gasteiger partial charge < -0.3 is 4.74 Å². The van der Waals surface area contributed by atoms with E-state index in [1.165, 1.54) is 11.0 Å². The van der Waals surface area contributed by atoms with E-state index >= 15 is 0 Å². The van der Waals surface area contributed by atoms with E-state index in [4.69, 9.17) is 4.74 Å². The van der Waals surface area contributed by atoms with Crippen LogP contribution < -0.4 is 0 Å². The van der Waals surface area contributed by atoms with Crippen LogP contribution in [0.2, 0.25) is 0 Å². The van der Waals surface area contributed by atoms with E-state index in [1.807, 2.05) is 13.8 Å². The summed E-state index contributed by atoms with van der Waals surface area (Å²) in [6.45, 7) is 4.72. The van der Waals surface area contributed by atoms with E-state index in [-0.39, 0.29) is 6.10 Å². The minimum atomic E-state index is 0.0962. The molecule has 7 nitrogen and oxygen atoms in total. The number of hydrogen-bond donors (Lipinski definition) is 0. The van der Waals surface area contributed by atoms with Crippen molar-refractivity contribution >= 4 is 0 Å². The molecular formula is C9H12N6O. The lowest BCUT2D eigenvalue weighted by atomic mass is 10.3. The molecule has 16 heavy (non-hydrogen) atoms. The highest BCUT2D eigenvalue weighted by Crippen LogP contribution is 2.27. The second-order valence-corrected chi connectivity index (χ2v) is 2.88. The lowest BCUT2D eigenvalue weighted by molar-refractivity contribution is 0.410. The van der Waals surface area contributed by atoms with E-state index in [0.717, 1.165) is 5.69 Å². The van der Waals surface area contributed by atoms with Gasteiger partial charge in [0.25, 0.3) is 0 Å². The van der Waals surface area contributed by atoms with Crippen LogP contribution in [0.1, 0.15) is 25.6 Å². The van der Waals surface area contributed by atoms with Gasteiger partial charge in [0.15, 0.2) is 5.82 Å². The third kappa shape index (κ3) is 2.19. The van der Waals surface area contributed by atoms with Crippen LogP contribution in [-0.4, -0.2) is 36.8 Å². The van der Waals surface area contributed by atoms with Crippen LogP contribution >= 0.6 is 0 Å². The van der Waals surface area contributed by atoms with Gasteiger partial charge in [-0.25, -0.2) is 4.98 Å². The molecule has 0 spiro atoms. The number of nitrogens with zero attached hydrogens (tertiary/aromatic N) is 6. The fourth-order valence-electron chi connectivity index (χ4n) is 1.12. The van der Waals surface area contributed by atoms with Gasteiger partial charge in [0.05, 0.1) is 24.7 Å². The Bertz CT molecular complexity index is 439. The Labute approximate surface area is 92.5 Å². The number of aromatic nitrogens is 6. The van der Waals surface area contributed by atoms with Crippen LogP contribution in [0.25, 0.3) is 5.82 Å². The topological polar surface area (TPSA) is 81.9 Å². The number of epoxide rings is 1. The Balaban J connectivity index is 0.000000457. The Morgan fingerprint density at radius 1 is 1.38 bits per heavy atom. The predicted octanol–water partition coefficient (Wildman–Crippen LogP) is 0.550. The smallest absolute Gasteiger partial charge is 0.175 e. The molecule has 0 N–H and O–H groups in total. The first-order chi connectivity index (χ1) is 7.93. The first kappa shape index (κ1) is 10.6. The first-order valence-electron chi connectivity index (χ1n) is 5.10. The van der Waals surface area contributed by atoms with Crippen molar-refractivity contribution in [3.8, 4) is 5.82 Å². The second kappa shape index (κ2) is 4.75. The summed E-state index contributed by atoms with van der Waals surface area (Å²) in [6.07, 6.45) is 4.86. The highest BCUT2D eigenvalue weighted by atomic mass is 16.6. The molecule has 1 aliphatic rings. The fraction of sp³-hybridized carbons (Fsp3) is 0.444. The van der Waals surface area contributed by atoms with E-state index in [0.29, 0.717) is 12.4 Å². The molecule has 0 aliphatic carbocycles. The Hall–Kier alpha value is -1.89. The molecule has 1 atom stereocenters. The van der Waals surface area contributed by atoms with Gasteiger partial charge in [-0.05, 0) is 10.4 Å². The molecule has 7 heteroatoms. The summed E-state index contributed by atoms with van der Waals surface area (Å²) in [4.78, 5) is 8.35. The molecule has 0 bridgehead atoms. The minimum absolute atomic E-state index is 0.0962. The first-order valence-corrected chi connectivity index (χ1v) is 5.10. The SMILES string of the molecule is CC.c1ncc(-n2cnnn2)nc1C1CO1. The largest absolute Gasteiger partial charge is 0.366 e. The van der Waals surface area contributed by atoms with Gasteiger partial charge in [-0.15, -0.1) is 5.10 Å². The highest BCUT2D eigenvalue weighted by Gasteiger charge is 2.26. The summed E-state index contributed by atoms with van der Waals surface area (Å²) in [5, 5.41) is 10.8. The van der Waals surface area contributed by atoms with Crippen molar-refractivity contribution in [1.82, 2.24) is 30.2 Å². The van der Waals surface area contributed by atoms with Crippen molar-refractivity contribution in [2.24, 2.45) is 0 Å². The summed E-state index contributed by atoms with van der Waals surface area (Å²) in [5.41, 5.74) is 0.818. The van der Waals surface area contributed by atoms with Gasteiger partial charge in [0.2, 0.25) is 0 Å². The molecule has 1 saturated heterocycles. The van der Waals surface area contributed by atoms with Crippen LogP contribution in [0.3, 0.4) is 0 Å². The number of hydrogen-bond acceptors (Lipinski definition) is 6. The number of ether oxygens (including phenoxy) is 1. The Kier molecular flexibility index (Phi) is 3.16. The molecule has 3 heterocycles. The molecule has 3 rings (SSSR count). The third-order valence-corrected chi connectivity index (χ3v) is 1.89. The molecule has 84 valence electrons. The van der Waals surface area contributed by atoms with E-state index in [1.54, 1.807) is 12.4 Å². The van der Waals surface area contributed by atoms with Crippen molar-refractivity contribution in [2.45, 2.75) is 20.0 Å². The van der Waals surface area contributed by atoms with Crippen LogP contribution in [-0.2, 0) is 4.74 Å². The normalized spacial score (nSPS) is 17.5. The van der Waals surface area contributed by atoms with Crippen molar-refractivity contribution in [1.29, 1.82) is 0 Å². The zero-order valence-electron chi connectivity index (χ0n) is 9.11. The van der Waals surface area contributed by atoms with Crippen LogP contribution in [0.15, 0.2) is 18.7 Å². The van der Waals surface area contributed by atoms with Gasteiger partial charge in [0.1, 0.15) is 12.4 Å². The Morgan fingerprint density at radius 3 is 2.81 bits per heavy atom. The molecule has 0 radical (unpaired) electrons. The quantitative estimate of drug-likeness (QED) is 0.687. The second-order valence-electron chi connectivity index (χ2n) is 2.88. The molecule has 2 aromatic heterocycles. The minimum Gasteiger partial charge on any atom is -0.366 e. The monoisotopic (exact) mass is 220 g/mol. The van der Waals surface area contributed by atoms with Crippen molar-refractivity contribution in [3.05, 3.63) is 24.4 Å². The van der Waals surface area contributed by atoms with Gasteiger partial charge >= 0.3 is 0 Å². The molecule has 1 unspecified atom stereocenters. The van der Waals surface area contributed by atoms with Gasteiger partial charge in [-0.2, -0.15) is 4.68 Å². The molecule has 2 aromatic rings. The van der Waals surface area contributed by atoms with Crippen molar-refractivity contribution in [2.75, 3.05) is 6.61 Å². The summed E-state index contributed by atoms with van der Waals surface area (Å²) >= 11 is 0. The third-order valence-electron chi connectivity index (χ3n) is 1.89. The van der Waals surface area contributed by atoms with Crippen molar-refractivity contribution < 1.29 is 4.74 Å². The van der Waals surface area contributed by atoms with Gasteiger partial charge in [-0.3, -0.25) is 4.98 Å². The van der Waals surface area contributed by atoms with Crippen LogP contribution in [0, 0.1) is 0 Å². The van der Waals surface area contributed by atoms with Crippen molar-refractivity contribution in [3.63, 3.8) is 0 Å². The zero-order valence-corrected chi connectivity index (χ0v) is 9.11.